The predicted molar refractivity (Wildman–Crippen MR) is 77.2 cm³/mol. The molecule has 2 N–H and O–H groups in total. The van der Waals surface area contributed by atoms with Crippen molar-refractivity contribution in [2.24, 2.45) is 0 Å². The third-order valence-electron chi connectivity index (χ3n) is 3.73. The standard InChI is InChI=1S/C14H20ClN3O/c1-2-18(11-6-4-3-5-7-11)14(19)10-8-12(15)13(16)17-9-10/h8-9,11H,2-7H2,1H3,(H2,16,17). The van der Waals surface area contributed by atoms with E-state index >= 15 is 0 Å². The van der Waals surface area contributed by atoms with E-state index in [1.165, 1.54) is 25.5 Å². The van der Waals surface area contributed by atoms with E-state index in [1.54, 1.807) is 6.07 Å². The number of pyridine rings is 1. The van der Waals surface area contributed by atoms with Crippen molar-refractivity contribution in [1.82, 2.24) is 9.88 Å². The monoisotopic (exact) mass is 281 g/mol. The van der Waals surface area contributed by atoms with Crippen LogP contribution in [0, 0.1) is 0 Å². The van der Waals surface area contributed by atoms with Crippen molar-refractivity contribution in [3.63, 3.8) is 0 Å². The first-order valence-electron chi connectivity index (χ1n) is 6.85. The van der Waals surface area contributed by atoms with E-state index in [-0.39, 0.29) is 11.7 Å². The fraction of sp³-hybridized carbons (Fsp3) is 0.571. The van der Waals surface area contributed by atoms with Gasteiger partial charge in [0.25, 0.3) is 5.91 Å². The molecule has 0 unspecified atom stereocenters. The van der Waals surface area contributed by atoms with Crippen LogP contribution in [0.25, 0.3) is 0 Å². The van der Waals surface area contributed by atoms with Gasteiger partial charge in [0, 0.05) is 18.8 Å². The first-order chi connectivity index (χ1) is 9.13. The molecule has 1 saturated carbocycles. The number of halogens is 1. The Morgan fingerprint density at radius 1 is 1.47 bits per heavy atom. The normalized spacial score (nSPS) is 16.3. The Labute approximate surface area is 118 Å². The zero-order chi connectivity index (χ0) is 13.8. The lowest BCUT2D eigenvalue weighted by Crippen LogP contribution is -2.41. The zero-order valence-corrected chi connectivity index (χ0v) is 12.0. The van der Waals surface area contributed by atoms with Crippen LogP contribution in [0.1, 0.15) is 49.4 Å². The summed E-state index contributed by atoms with van der Waals surface area (Å²) in [7, 11) is 0. The first-order valence-corrected chi connectivity index (χ1v) is 7.23. The number of hydrogen-bond donors (Lipinski definition) is 1. The van der Waals surface area contributed by atoms with Gasteiger partial charge in [0.1, 0.15) is 5.82 Å². The Balaban J connectivity index is 2.17. The molecule has 19 heavy (non-hydrogen) atoms. The average molecular weight is 282 g/mol. The van der Waals surface area contributed by atoms with Gasteiger partial charge in [0.15, 0.2) is 0 Å². The van der Waals surface area contributed by atoms with Gasteiger partial charge in [-0.3, -0.25) is 4.79 Å². The Morgan fingerprint density at radius 3 is 2.74 bits per heavy atom. The number of nitrogens with two attached hydrogens (primary N) is 1. The van der Waals surface area contributed by atoms with E-state index < -0.39 is 0 Å². The van der Waals surface area contributed by atoms with Gasteiger partial charge < -0.3 is 10.6 Å². The third kappa shape index (κ3) is 3.18. The molecule has 0 aliphatic heterocycles. The second-order valence-corrected chi connectivity index (χ2v) is 5.38. The number of nitrogens with zero attached hydrogens (tertiary/aromatic N) is 2. The summed E-state index contributed by atoms with van der Waals surface area (Å²) in [4.78, 5) is 18.4. The molecule has 1 aromatic heterocycles. The van der Waals surface area contributed by atoms with Crippen molar-refractivity contribution >= 4 is 23.3 Å². The molecule has 0 bridgehead atoms. The Morgan fingerprint density at radius 2 is 2.16 bits per heavy atom. The Kier molecular flexibility index (Phi) is 4.64. The summed E-state index contributed by atoms with van der Waals surface area (Å²) >= 11 is 5.93. The van der Waals surface area contributed by atoms with Crippen molar-refractivity contribution in [1.29, 1.82) is 0 Å². The molecule has 1 aliphatic carbocycles. The minimum atomic E-state index is 0.00352. The molecule has 4 nitrogen and oxygen atoms in total. The second-order valence-electron chi connectivity index (χ2n) is 4.97. The number of amides is 1. The summed E-state index contributed by atoms with van der Waals surface area (Å²) in [5.74, 6) is 0.266. The first kappa shape index (κ1) is 14.1. The van der Waals surface area contributed by atoms with Crippen LogP contribution in [0.15, 0.2) is 12.3 Å². The van der Waals surface area contributed by atoms with Crippen LogP contribution in [0.3, 0.4) is 0 Å². The molecule has 5 heteroatoms. The topological polar surface area (TPSA) is 59.2 Å². The summed E-state index contributed by atoms with van der Waals surface area (Å²) < 4.78 is 0. The third-order valence-corrected chi connectivity index (χ3v) is 4.04. The average Bonchev–Trinajstić information content (AvgIpc) is 2.44. The van der Waals surface area contributed by atoms with Gasteiger partial charge in [-0.1, -0.05) is 30.9 Å². The summed E-state index contributed by atoms with van der Waals surface area (Å²) in [5, 5.41) is 0.338. The lowest BCUT2D eigenvalue weighted by molar-refractivity contribution is 0.0647. The highest BCUT2D eigenvalue weighted by molar-refractivity contribution is 6.33. The molecule has 1 heterocycles. The van der Waals surface area contributed by atoms with Gasteiger partial charge in [-0.2, -0.15) is 0 Å². The van der Waals surface area contributed by atoms with Crippen molar-refractivity contribution in [3.8, 4) is 0 Å². The van der Waals surface area contributed by atoms with Crippen molar-refractivity contribution in [3.05, 3.63) is 22.8 Å². The van der Waals surface area contributed by atoms with Gasteiger partial charge >= 0.3 is 0 Å². The number of nitrogen functional groups attached to an aromatic ring is 1. The van der Waals surface area contributed by atoms with Crippen molar-refractivity contribution in [2.75, 3.05) is 12.3 Å². The molecule has 1 fully saturated rings. The maximum atomic E-state index is 12.5. The van der Waals surface area contributed by atoms with Gasteiger partial charge in [-0.15, -0.1) is 0 Å². The summed E-state index contributed by atoms with van der Waals surface area (Å²) in [6.07, 6.45) is 7.38. The number of carbonyl (C=O) groups excluding carboxylic acids is 1. The smallest absolute Gasteiger partial charge is 0.255 e. The molecule has 0 aromatic carbocycles. The molecule has 1 amide bonds. The van der Waals surface area contributed by atoms with Crippen LogP contribution in [-0.4, -0.2) is 28.4 Å². The molecule has 0 spiro atoms. The minimum Gasteiger partial charge on any atom is -0.382 e. The van der Waals surface area contributed by atoms with Gasteiger partial charge in [0.05, 0.1) is 10.6 Å². The van der Waals surface area contributed by atoms with Crippen LogP contribution in [0.4, 0.5) is 5.82 Å². The van der Waals surface area contributed by atoms with Gasteiger partial charge in [-0.05, 0) is 25.8 Å². The van der Waals surface area contributed by atoms with Crippen molar-refractivity contribution < 1.29 is 4.79 Å². The van der Waals surface area contributed by atoms with E-state index in [4.69, 9.17) is 17.3 Å². The lowest BCUT2D eigenvalue weighted by Gasteiger charge is -2.33. The van der Waals surface area contributed by atoms with Gasteiger partial charge in [-0.25, -0.2) is 4.98 Å². The second kappa shape index (κ2) is 6.24. The predicted octanol–water partition coefficient (Wildman–Crippen LogP) is 3.11. The van der Waals surface area contributed by atoms with Crippen LogP contribution >= 0.6 is 11.6 Å². The highest BCUT2D eigenvalue weighted by Crippen LogP contribution is 2.25. The highest BCUT2D eigenvalue weighted by Gasteiger charge is 2.25. The minimum absolute atomic E-state index is 0.00352. The van der Waals surface area contributed by atoms with Crippen LogP contribution < -0.4 is 5.73 Å². The molecule has 1 aliphatic rings. The Hall–Kier alpha value is -1.29. The summed E-state index contributed by atoms with van der Waals surface area (Å²) in [5.41, 5.74) is 6.09. The fourth-order valence-electron chi connectivity index (χ4n) is 2.69. The molecule has 2 rings (SSSR count). The fourth-order valence-corrected chi connectivity index (χ4v) is 2.86. The van der Waals surface area contributed by atoms with E-state index in [9.17, 15) is 4.79 Å². The Bertz CT molecular complexity index is 458. The van der Waals surface area contributed by atoms with E-state index in [0.29, 0.717) is 23.2 Å². The van der Waals surface area contributed by atoms with E-state index in [2.05, 4.69) is 4.98 Å². The number of rotatable bonds is 3. The van der Waals surface area contributed by atoms with E-state index in [0.717, 1.165) is 12.8 Å². The maximum absolute atomic E-state index is 12.5. The molecule has 0 radical (unpaired) electrons. The molecule has 1 aromatic rings. The molecule has 0 atom stereocenters. The molecule has 0 saturated heterocycles. The molecule has 104 valence electrons. The zero-order valence-electron chi connectivity index (χ0n) is 11.2. The van der Waals surface area contributed by atoms with Gasteiger partial charge in [0.2, 0.25) is 0 Å². The van der Waals surface area contributed by atoms with Crippen LogP contribution in [0.2, 0.25) is 5.02 Å². The van der Waals surface area contributed by atoms with Crippen molar-refractivity contribution in [2.45, 2.75) is 45.1 Å². The molecular formula is C14H20ClN3O. The number of aromatic nitrogens is 1. The summed E-state index contributed by atoms with van der Waals surface area (Å²) in [6.45, 7) is 2.73. The largest absolute Gasteiger partial charge is 0.382 e. The van der Waals surface area contributed by atoms with Crippen LogP contribution in [-0.2, 0) is 0 Å². The maximum Gasteiger partial charge on any atom is 0.255 e. The SMILES string of the molecule is CCN(C(=O)c1cnc(N)c(Cl)c1)C1CCCCC1. The quantitative estimate of drug-likeness (QED) is 0.926. The molecular weight excluding hydrogens is 262 g/mol. The number of anilines is 1. The summed E-state index contributed by atoms with van der Waals surface area (Å²) in [6, 6.07) is 1.96. The van der Waals surface area contributed by atoms with Crippen LogP contribution in [0.5, 0.6) is 0 Å². The van der Waals surface area contributed by atoms with E-state index in [1.807, 2.05) is 11.8 Å². The number of hydrogen-bond acceptors (Lipinski definition) is 3. The number of carbonyl (C=O) groups is 1. The highest BCUT2D eigenvalue weighted by atomic mass is 35.5. The lowest BCUT2D eigenvalue weighted by atomic mass is 9.94.